The first-order valence-corrected chi connectivity index (χ1v) is 5.19. The lowest BCUT2D eigenvalue weighted by Crippen LogP contribution is -2.07. The molecule has 3 nitrogen and oxygen atoms in total. The minimum absolute atomic E-state index is 0.558. The Kier molecular flexibility index (Phi) is 4.68. The van der Waals surface area contributed by atoms with E-state index < -0.39 is 0 Å². The van der Waals surface area contributed by atoms with E-state index in [2.05, 4.69) is 6.92 Å². The smallest absolute Gasteiger partial charge is 0.181 e. The van der Waals surface area contributed by atoms with Crippen molar-refractivity contribution in [2.45, 2.75) is 19.8 Å². The highest BCUT2D eigenvalue weighted by atomic mass is 16.5. The van der Waals surface area contributed by atoms with Crippen LogP contribution in [0, 0.1) is 5.21 Å². The van der Waals surface area contributed by atoms with Gasteiger partial charge in [-0.25, -0.2) is 4.74 Å². The van der Waals surface area contributed by atoms with Gasteiger partial charge in [-0.2, -0.15) is 0 Å². The Morgan fingerprint density at radius 2 is 2.00 bits per heavy atom. The van der Waals surface area contributed by atoms with Gasteiger partial charge in [-0.1, -0.05) is 13.3 Å². The van der Waals surface area contributed by atoms with Crippen LogP contribution in [0.15, 0.2) is 24.3 Å². The first-order valence-electron chi connectivity index (χ1n) is 5.19. The highest BCUT2D eigenvalue weighted by molar-refractivity contribution is 5.75. The number of ether oxygens (including phenoxy) is 1. The van der Waals surface area contributed by atoms with Gasteiger partial charge in [-0.3, -0.25) is 0 Å². The molecule has 0 radical (unpaired) electrons. The molecular weight excluding hydrogens is 190 g/mol. The van der Waals surface area contributed by atoms with Crippen LogP contribution in [-0.4, -0.2) is 24.6 Å². The zero-order chi connectivity index (χ0) is 11.1. The van der Waals surface area contributed by atoms with E-state index >= 15 is 0 Å². The summed E-state index contributed by atoms with van der Waals surface area (Å²) >= 11 is 0. The zero-order valence-electron chi connectivity index (χ0n) is 9.27. The fourth-order valence-electron chi connectivity index (χ4n) is 1.23. The minimum Gasteiger partial charge on any atom is -0.624 e. The maximum absolute atomic E-state index is 11.4. The van der Waals surface area contributed by atoms with Crippen molar-refractivity contribution in [3.05, 3.63) is 35.0 Å². The van der Waals surface area contributed by atoms with Gasteiger partial charge in [0.2, 0.25) is 0 Å². The zero-order valence-corrected chi connectivity index (χ0v) is 9.27. The van der Waals surface area contributed by atoms with Gasteiger partial charge in [-0.05, 0) is 24.3 Å². The lowest BCUT2D eigenvalue weighted by atomic mass is 10.2. The van der Waals surface area contributed by atoms with Crippen molar-refractivity contribution in [1.29, 1.82) is 0 Å². The van der Waals surface area contributed by atoms with Crippen LogP contribution in [-0.2, 0) is 0 Å². The molecule has 0 aromatic heterocycles. The highest BCUT2D eigenvalue weighted by Crippen LogP contribution is 2.09. The van der Waals surface area contributed by atoms with E-state index in [1.54, 1.807) is 13.3 Å². The Bertz CT molecular complexity index is 317. The maximum atomic E-state index is 11.4. The molecule has 0 bridgehead atoms. The van der Waals surface area contributed by atoms with E-state index in [0.29, 0.717) is 6.54 Å². The summed E-state index contributed by atoms with van der Waals surface area (Å²) in [4.78, 5) is 0. The molecule has 15 heavy (non-hydrogen) atoms. The van der Waals surface area contributed by atoms with E-state index in [4.69, 9.17) is 4.74 Å². The third-order valence-corrected chi connectivity index (χ3v) is 2.14. The van der Waals surface area contributed by atoms with Crippen LogP contribution in [0.2, 0.25) is 0 Å². The number of hydrogen-bond donors (Lipinski definition) is 0. The van der Waals surface area contributed by atoms with Crippen LogP contribution in [0.5, 0.6) is 5.75 Å². The van der Waals surface area contributed by atoms with Gasteiger partial charge in [0.15, 0.2) is 12.8 Å². The number of nitrogens with zero attached hydrogens (tertiary/aromatic N) is 1. The molecule has 1 aromatic rings. The van der Waals surface area contributed by atoms with Gasteiger partial charge < -0.3 is 9.94 Å². The summed E-state index contributed by atoms with van der Waals surface area (Å²) in [7, 11) is 1.62. The molecule has 0 aliphatic rings. The summed E-state index contributed by atoms with van der Waals surface area (Å²) in [5.74, 6) is 0.804. The number of methoxy groups -OCH3 is 1. The third-order valence-electron chi connectivity index (χ3n) is 2.14. The molecule has 1 rings (SSSR count). The highest BCUT2D eigenvalue weighted by Gasteiger charge is 1.96. The summed E-state index contributed by atoms with van der Waals surface area (Å²) < 4.78 is 6.01. The van der Waals surface area contributed by atoms with E-state index in [1.807, 2.05) is 24.3 Å². The first kappa shape index (κ1) is 11.6. The number of rotatable bonds is 5. The van der Waals surface area contributed by atoms with Gasteiger partial charge in [0.05, 0.1) is 7.11 Å². The number of hydroxylamine groups is 1. The summed E-state index contributed by atoms with van der Waals surface area (Å²) in [5, 5.41) is 11.4. The molecule has 0 N–H and O–H groups in total. The molecule has 0 unspecified atom stereocenters. The van der Waals surface area contributed by atoms with E-state index in [1.165, 1.54) is 0 Å². The van der Waals surface area contributed by atoms with Crippen molar-refractivity contribution in [3.63, 3.8) is 0 Å². The Morgan fingerprint density at radius 1 is 1.33 bits per heavy atom. The van der Waals surface area contributed by atoms with Gasteiger partial charge in [0.25, 0.3) is 0 Å². The molecule has 0 saturated carbocycles. The number of unbranched alkanes of at least 4 members (excludes halogenated alkanes) is 1. The predicted octanol–water partition coefficient (Wildman–Crippen LogP) is 2.42. The van der Waals surface area contributed by atoms with Crippen molar-refractivity contribution in [2.75, 3.05) is 13.7 Å². The molecule has 0 aliphatic heterocycles. The SMILES string of the molecule is CCCC/[N+]([O-])=C/c1ccc(OC)cc1. The number of benzene rings is 1. The predicted molar refractivity (Wildman–Crippen MR) is 61.6 cm³/mol. The third kappa shape index (κ3) is 4.02. The van der Waals surface area contributed by atoms with E-state index in [9.17, 15) is 5.21 Å². The summed E-state index contributed by atoms with van der Waals surface area (Å²) in [6.45, 7) is 2.63. The lowest BCUT2D eigenvalue weighted by Gasteiger charge is -2.03. The van der Waals surface area contributed by atoms with Gasteiger partial charge in [0.1, 0.15) is 5.75 Å². The molecule has 82 valence electrons. The molecule has 0 amide bonds. The molecule has 1 aromatic carbocycles. The second-order valence-corrected chi connectivity index (χ2v) is 3.40. The average molecular weight is 207 g/mol. The van der Waals surface area contributed by atoms with E-state index in [0.717, 1.165) is 28.9 Å². The van der Waals surface area contributed by atoms with Crippen LogP contribution in [0.3, 0.4) is 0 Å². The lowest BCUT2D eigenvalue weighted by molar-refractivity contribution is -0.452. The largest absolute Gasteiger partial charge is 0.624 e. The van der Waals surface area contributed by atoms with Gasteiger partial charge in [-0.15, -0.1) is 0 Å². The molecular formula is C12H17NO2. The van der Waals surface area contributed by atoms with Crippen molar-refractivity contribution >= 4 is 6.21 Å². The first-order chi connectivity index (χ1) is 7.26. The fourth-order valence-corrected chi connectivity index (χ4v) is 1.23. The molecule has 0 aliphatic carbocycles. The van der Waals surface area contributed by atoms with Crippen LogP contribution in [0.4, 0.5) is 0 Å². The quantitative estimate of drug-likeness (QED) is 0.322. The average Bonchev–Trinajstić information content (AvgIpc) is 2.27. The summed E-state index contributed by atoms with van der Waals surface area (Å²) in [5.41, 5.74) is 0.905. The standard InChI is InChI=1S/C12H17NO2/c1-3-4-9-13(14)10-11-5-7-12(15-2)8-6-11/h5-8,10H,3-4,9H2,1-2H3/b13-10-. The summed E-state index contributed by atoms with van der Waals surface area (Å²) in [6.07, 6.45) is 3.57. The molecule has 3 heteroatoms. The monoisotopic (exact) mass is 207 g/mol. The Hall–Kier alpha value is -1.51. The van der Waals surface area contributed by atoms with Crippen molar-refractivity contribution < 1.29 is 9.48 Å². The van der Waals surface area contributed by atoms with Crippen LogP contribution < -0.4 is 4.74 Å². The second kappa shape index (κ2) is 6.06. The van der Waals surface area contributed by atoms with Crippen molar-refractivity contribution in [1.82, 2.24) is 0 Å². The molecule has 0 fully saturated rings. The van der Waals surface area contributed by atoms with E-state index in [-0.39, 0.29) is 0 Å². The van der Waals surface area contributed by atoms with Crippen LogP contribution in [0.1, 0.15) is 25.3 Å². The Labute approximate surface area is 90.6 Å². The maximum Gasteiger partial charge on any atom is 0.181 e. The second-order valence-electron chi connectivity index (χ2n) is 3.40. The Morgan fingerprint density at radius 3 is 2.53 bits per heavy atom. The molecule has 0 heterocycles. The van der Waals surface area contributed by atoms with Gasteiger partial charge >= 0.3 is 0 Å². The van der Waals surface area contributed by atoms with Crippen LogP contribution >= 0.6 is 0 Å². The fraction of sp³-hybridized carbons (Fsp3) is 0.417. The van der Waals surface area contributed by atoms with Gasteiger partial charge in [0, 0.05) is 12.0 Å². The molecule has 0 atom stereocenters. The number of hydrogen-bond acceptors (Lipinski definition) is 2. The van der Waals surface area contributed by atoms with Crippen molar-refractivity contribution in [2.24, 2.45) is 0 Å². The molecule has 0 spiro atoms. The topological polar surface area (TPSA) is 35.3 Å². The summed E-state index contributed by atoms with van der Waals surface area (Å²) in [6, 6.07) is 7.43. The minimum atomic E-state index is 0.558. The van der Waals surface area contributed by atoms with Crippen LogP contribution in [0.25, 0.3) is 0 Å². The molecule has 0 saturated heterocycles. The normalized spacial score (nSPS) is 11.5. The van der Waals surface area contributed by atoms with Crippen molar-refractivity contribution in [3.8, 4) is 5.75 Å². The Balaban J connectivity index is 2.62.